The highest BCUT2D eigenvalue weighted by Gasteiger charge is 2.38. The van der Waals surface area contributed by atoms with Crippen LogP contribution in [0, 0.1) is 5.92 Å². The Morgan fingerprint density at radius 2 is 2.17 bits per heavy atom. The molecule has 2 aliphatic rings. The number of piperazine rings is 1. The molecule has 1 aromatic rings. The molecule has 122 valence electrons. The molecule has 7 heteroatoms. The summed E-state index contributed by atoms with van der Waals surface area (Å²) in [6, 6.07) is 7.21. The third-order valence-electron chi connectivity index (χ3n) is 4.19. The van der Waals surface area contributed by atoms with Gasteiger partial charge in [0.25, 0.3) is 0 Å². The highest BCUT2D eigenvalue weighted by Crippen LogP contribution is 2.28. The van der Waals surface area contributed by atoms with Crippen molar-refractivity contribution in [3.63, 3.8) is 0 Å². The van der Waals surface area contributed by atoms with E-state index in [0.29, 0.717) is 25.4 Å². The summed E-state index contributed by atoms with van der Waals surface area (Å²) in [6.07, 6.45) is 0.175. The lowest BCUT2D eigenvalue weighted by atomic mass is 10.1. The first kappa shape index (κ1) is 15.3. The first-order chi connectivity index (χ1) is 11.1. The monoisotopic (exact) mass is 317 g/mol. The van der Waals surface area contributed by atoms with Gasteiger partial charge in [-0.15, -0.1) is 0 Å². The molecule has 23 heavy (non-hydrogen) atoms. The number of anilines is 1. The van der Waals surface area contributed by atoms with Gasteiger partial charge in [0.15, 0.2) is 0 Å². The van der Waals surface area contributed by atoms with Gasteiger partial charge >= 0.3 is 0 Å². The first-order valence-electron chi connectivity index (χ1n) is 7.58. The van der Waals surface area contributed by atoms with Crippen LogP contribution < -0.4 is 15.0 Å². The lowest BCUT2D eigenvalue weighted by Crippen LogP contribution is -2.51. The SMILES string of the molecule is COc1cccc(N2C[C@@H](C(=O)N3CCNC(=O)C3)CC2=O)c1. The normalized spacial score (nSPS) is 21.3. The van der Waals surface area contributed by atoms with E-state index in [-0.39, 0.29) is 30.7 Å². The quantitative estimate of drug-likeness (QED) is 0.851. The van der Waals surface area contributed by atoms with E-state index in [1.807, 2.05) is 12.1 Å². The van der Waals surface area contributed by atoms with Crippen LogP contribution in [0.2, 0.25) is 0 Å². The molecule has 2 fully saturated rings. The van der Waals surface area contributed by atoms with Gasteiger partial charge in [0.2, 0.25) is 17.7 Å². The Bertz CT molecular complexity index is 646. The summed E-state index contributed by atoms with van der Waals surface area (Å²) < 4.78 is 5.17. The first-order valence-corrected chi connectivity index (χ1v) is 7.58. The minimum absolute atomic E-state index is 0.0721. The maximum Gasteiger partial charge on any atom is 0.239 e. The molecular weight excluding hydrogens is 298 g/mol. The van der Waals surface area contributed by atoms with Gasteiger partial charge in [-0.05, 0) is 12.1 Å². The van der Waals surface area contributed by atoms with Gasteiger partial charge in [-0.2, -0.15) is 0 Å². The molecule has 3 amide bonds. The summed E-state index contributed by atoms with van der Waals surface area (Å²) in [4.78, 5) is 39.4. The topological polar surface area (TPSA) is 79.0 Å². The minimum Gasteiger partial charge on any atom is -0.497 e. The molecule has 0 bridgehead atoms. The van der Waals surface area contributed by atoms with Crippen molar-refractivity contribution in [1.82, 2.24) is 10.2 Å². The number of benzene rings is 1. The van der Waals surface area contributed by atoms with E-state index in [0.717, 1.165) is 5.69 Å². The van der Waals surface area contributed by atoms with Crippen molar-refractivity contribution in [1.29, 1.82) is 0 Å². The fourth-order valence-electron chi connectivity index (χ4n) is 2.99. The number of methoxy groups -OCH3 is 1. The number of nitrogens with zero attached hydrogens (tertiary/aromatic N) is 2. The second-order valence-corrected chi connectivity index (χ2v) is 5.72. The van der Waals surface area contributed by atoms with Crippen LogP contribution in [-0.2, 0) is 14.4 Å². The van der Waals surface area contributed by atoms with Crippen LogP contribution >= 0.6 is 0 Å². The molecule has 1 N–H and O–H groups in total. The zero-order chi connectivity index (χ0) is 16.4. The summed E-state index contributed by atoms with van der Waals surface area (Å²) in [5, 5.41) is 2.69. The predicted octanol–water partition coefficient (Wildman–Crippen LogP) is 0.00650. The van der Waals surface area contributed by atoms with Crippen molar-refractivity contribution >= 4 is 23.4 Å². The van der Waals surface area contributed by atoms with Crippen LogP contribution in [0.5, 0.6) is 5.75 Å². The fourth-order valence-corrected chi connectivity index (χ4v) is 2.99. The third-order valence-corrected chi connectivity index (χ3v) is 4.19. The molecule has 2 aliphatic heterocycles. The van der Waals surface area contributed by atoms with Gasteiger partial charge in [0.05, 0.1) is 19.6 Å². The van der Waals surface area contributed by atoms with Crippen LogP contribution in [0.15, 0.2) is 24.3 Å². The van der Waals surface area contributed by atoms with Gasteiger partial charge in [-0.1, -0.05) is 6.07 Å². The van der Waals surface area contributed by atoms with Gasteiger partial charge in [0.1, 0.15) is 5.75 Å². The Morgan fingerprint density at radius 1 is 1.35 bits per heavy atom. The number of hydrogen-bond acceptors (Lipinski definition) is 4. The van der Waals surface area contributed by atoms with Gasteiger partial charge < -0.3 is 19.9 Å². The molecule has 0 unspecified atom stereocenters. The summed E-state index contributed by atoms with van der Waals surface area (Å²) in [6.45, 7) is 1.37. The van der Waals surface area contributed by atoms with Crippen molar-refractivity contribution in [2.45, 2.75) is 6.42 Å². The van der Waals surface area contributed by atoms with Crippen molar-refractivity contribution in [2.75, 3.05) is 38.2 Å². The number of carbonyl (C=O) groups excluding carboxylic acids is 3. The number of carbonyl (C=O) groups is 3. The molecule has 0 radical (unpaired) electrons. The van der Waals surface area contributed by atoms with E-state index in [1.54, 1.807) is 24.1 Å². The molecule has 1 atom stereocenters. The average molecular weight is 317 g/mol. The highest BCUT2D eigenvalue weighted by molar-refractivity contribution is 6.01. The number of hydrogen-bond donors (Lipinski definition) is 1. The Hall–Kier alpha value is -2.57. The molecule has 7 nitrogen and oxygen atoms in total. The highest BCUT2D eigenvalue weighted by atomic mass is 16.5. The van der Waals surface area contributed by atoms with E-state index in [9.17, 15) is 14.4 Å². The van der Waals surface area contributed by atoms with Gasteiger partial charge in [0, 0.05) is 37.8 Å². The lowest BCUT2D eigenvalue weighted by Gasteiger charge is -2.28. The minimum atomic E-state index is -0.403. The van der Waals surface area contributed by atoms with E-state index < -0.39 is 5.92 Å². The molecule has 0 aliphatic carbocycles. The largest absolute Gasteiger partial charge is 0.497 e. The molecule has 2 heterocycles. The number of ether oxygens (including phenoxy) is 1. The van der Waals surface area contributed by atoms with Crippen molar-refractivity contribution in [3.05, 3.63) is 24.3 Å². The standard InChI is InChI=1S/C16H19N3O4/c1-23-13-4-2-3-12(8-13)19-9-11(7-15(19)21)16(22)18-6-5-17-14(20)10-18/h2-4,8,11H,5-7,9-10H2,1H3,(H,17,20)/t11-/m0/s1. The van der Waals surface area contributed by atoms with Crippen LogP contribution in [-0.4, -0.2) is 55.9 Å². The Morgan fingerprint density at radius 3 is 2.91 bits per heavy atom. The third kappa shape index (κ3) is 3.13. The van der Waals surface area contributed by atoms with Crippen molar-refractivity contribution in [2.24, 2.45) is 5.92 Å². The average Bonchev–Trinajstić information content (AvgIpc) is 2.96. The fraction of sp³-hybridized carbons (Fsp3) is 0.438. The summed E-state index contributed by atoms with van der Waals surface area (Å²) >= 11 is 0. The van der Waals surface area contributed by atoms with E-state index in [1.165, 1.54) is 4.90 Å². The van der Waals surface area contributed by atoms with Gasteiger partial charge in [-0.3, -0.25) is 14.4 Å². The summed E-state index contributed by atoms with van der Waals surface area (Å²) in [5.41, 5.74) is 0.723. The summed E-state index contributed by atoms with van der Waals surface area (Å²) in [7, 11) is 1.57. The zero-order valence-electron chi connectivity index (χ0n) is 12.9. The molecule has 0 aromatic heterocycles. The van der Waals surface area contributed by atoms with Gasteiger partial charge in [-0.25, -0.2) is 0 Å². The van der Waals surface area contributed by atoms with Crippen LogP contribution in [0.1, 0.15) is 6.42 Å². The second kappa shape index (κ2) is 6.28. The predicted molar refractivity (Wildman–Crippen MR) is 83.0 cm³/mol. The number of nitrogens with one attached hydrogen (secondary N) is 1. The maximum atomic E-state index is 12.5. The lowest BCUT2D eigenvalue weighted by molar-refractivity contribution is -0.141. The van der Waals surface area contributed by atoms with E-state index in [4.69, 9.17) is 4.74 Å². The smallest absolute Gasteiger partial charge is 0.239 e. The van der Waals surface area contributed by atoms with Crippen LogP contribution in [0.4, 0.5) is 5.69 Å². The Kier molecular flexibility index (Phi) is 4.18. The van der Waals surface area contributed by atoms with Crippen LogP contribution in [0.3, 0.4) is 0 Å². The number of rotatable bonds is 3. The molecule has 0 spiro atoms. The maximum absolute atomic E-state index is 12.5. The zero-order valence-corrected chi connectivity index (χ0v) is 12.9. The van der Waals surface area contributed by atoms with Crippen molar-refractivity contribution < 1.29 is 19.1 Å². The van der Waals surface area contributed by atoms with E-state index in [2.05, 4.69) is 5.32 Å². The molecule has 2 saturated heterocycles. The molecule has 1 aromatic carbocycles. The second-order valence-electron chi connectivity index (χ2n) is 5.72. The Balaban J connectivity index is 1.71. The molecule has 3 rings (SSSR count). The Labute approximate surface area is 134 Å². The molecular formula is C16H19N3O4. The molecule has 0 saturated carbocycles. The summed E-state index contributed by atoms with van der Waals surface area (Å²) in [5.74, 6) is -0.104. The van der Waals surface area contributed by atoms with Crippen molar-refractivity contribution in [3.8, 4) is 5.75 Å². The number of amides is 3. The van der Waals surface area contributed by atoms with E-state index >= 15 is 0 Å². The van der Waals surface area contributed by atoms with Crippen LogP contribution in [0.25, 0.3) is 0 Å².